The molecule has 0 saturated carbocycles. The zero-order chi connectivity index (χ0) is 9.45. The molecule has 0 saturated heterocycles. The van der Waals surface area contributed by atoms with Crippen molar-refractivity contribution in [2.45, 2.75) is 32.4 Å². The highest BCUT2D eigenvalue weighted by atomic mass is 19.4. The molecule has 0 bridgehead atoms. The molecule has 0 heterocycles. The second-order valence-corrected chi connectivity index (χ2v) is 2.32. The van der Waals surface area contributed by atoms with Gasteiger partial charge in [-0.1, -0.05) is 19.4 Å². The fourth-order valence-electron chi connectivity index (χ4n) is 0.519. The van der Waals surface area contributed by atoms with Gasteiger partial charge in [0, 0.05) is 12.4 Å². The maximum Gasteiger partial charge on any atom is 0.393 e. The van der Waals surface area contributed by atoms with Crippen LogP contribution in [0.2, 0.25) is 0 Å². The third-order valence-corrected chi connectivity index (χ3v) is 1.07. The molecule has 0 spiro atoms. The molecular weight excluding hydrogens is 167 g/mol. The molecule has 12 heavy (non-hydrogen) atoms. The topological polar surface area (TPSA) is 12.4 Å². The molecule has 0 amide bonds. The van der Waals surface area contributed by atoms with Crippen LogP contribution in [0.25, 0.3) is 0 Å². The van der Waals surface area contributed by atoms with Gasteiger partial charge in [0.1, 0.15) is 0 Å². The highest BCUT2D eigenvalue weighted by molar-refractivity contribution is 5.58. The summed E-state index contributed by atoms with van der Waals surface area (Å²) in [6, 6.07) is 0. The zero-order valence-corrected chi connectivity index (χ0v) is 6.93. The van der Waals surface area contributed by atoms with Crippen LogP contribution < -0.4 is 0 Å². The smallest absolute Gasteiger partial charge is 0.269 e. The first-order chi connectivity index (χ1) is 5.56. The summed E-state index contributed by atoms with van der Waals surface area (Å²) in [4.78, 5) is 3.47. The lowest BCUT2D eigenvalue weighted by atomic mass is 10.3. The minimum absolute atomic E-state index is 0.851. The van der Waals surface area contributed by atoms with E-state index in [0.29, 0.717) is 0 Å². The van der Waals surface area contributed by atoms with Crippen LogP contribution in [0.3, 0.4) is 0 Å². The quantitative estimate of drug-likeness (QED) is 0.587. The highest BCUT2D eigenvalue weighted by Gasteiger charge is 2.24. The minimum atomic E-state index is -4.14. The number of alkyl halides is 3. The van der Waals surface area contributed by atoms with Gasteiger partial charge in [0.15, 0.2) is 0 Å². The van der Waals surface area contributed by atoms with Gasteiger partial charge in [-0.15, -0.1) is 0 Å². The number of halogens is 3. The summed E-state index contributed by atoms with van der Waals surface area (Å²) in [5.41, 5.74) is 0. The molecule has 0 aromatic heterocycles. The van der Waals surface area contributed by atoms with Crippen molar-refractivity contribution >= 4 is 6.21 Å². The van der Waals surface area contributed by atoms with E-state index in [0.717, 1.165) is 19.1 Å². The van der Waals surface area contributed by atoms with Crippen molar-refractivity contribution in [3.8, 4) is 0 Å². The molecule has 1 nitrogen and oxygen atoms in total. The summed E-state index contributed by atoms with van der Waals surface area (Å²) in [6.45, 7) is 1.99. The standard InChI is InChI=1S/C8H12F3N/c1-2-3-4-6-12-7-5-8(9,10)11/h4,6-7H,2-3,5H2,1H3/b6-4-,12-7-. The normalized spacial score (nSPS) is 13.3. The Labute approximate surface area is 70.0 Å². The van der Waals surface area contributed by atoms with Crippen molar-refractivity contribution < 1.29 is 13.2 Å². The van der Waals surface area contributed by atoms with E-state index < -0.39 is 12.6 Å². The molecule has 0 aliphatic carbocycles. The first-order valence-corrected chi connectivity index (χ1v) is 3.79. The lowest BCUT2D eigenvalue weighted by Crippen LogP contribution is -2.06. The molecule has 0 fully saturated rings. The van der Waals surface area contributed by atoms with Crippen molar-refractivity contribution in [2.24, 2.45) is 4.99 Å². The average Bonchev–Trinajstić information content (AvgIpc) is 1.94. The fraction of sp³-hybridized carbons (Fsp3) is 0.625. The second kappa shape index (κ2) is 5.80. The van der Waals surface area contributed by atoms with Crippen LogP contribution in [0.1, 0.15) is 26.2 Å². The third kappa shape index (κ3) is 9.20. The van der Waals surface area contributed by atoms with E-state index in [2.05, 4.69) is 4.99 Å². The van der Waals surface area contributed by atoms with Gasteiger partial charge in [0.25, 0.3) is 0 Å². The first-order valence-electron chi connectivity index (χ1n) is 3.79. The van der Waals surface area contributed by atoms with E-state index in [9.17, 15) is 13.2 Å². The molecule has 0 aromatic carbocycles. The van der Waals surface area contributed by atoms with Crippen molar-refractivity contribution in [2.75, 3.05) is 0 Å². The molecule has 0 aliphatic rings. The van der Waals surface area contributed by atoms with E-state index in [-0.39, 0.29) is 0 Å². The molecule has 70 valence electrons. The monoisotopic (exact) mass is 179 g/mol. The van der Waals surface area contributed by atoms with E-state index in [1.54, 1.807) is 6.08 Å². The molecule has 0 aromatic rings. The Kier molecular flexibility index (Phi) is 5.41. The van der Waals surface area contributed by atoms with Crippen LogP contribution in [-0.2, 0) is 0 Å². The summed E-state index contributed by atoms with van der Waals surface area (Å²) in [7, 11) is 0. The Hall–Kier alpha value is -0.800. The van der Waals surface area contributed by atoms with Crippen molar-refractivity contribution in [1.29, 1.82) is 0 Å². The first kappa shape index (κ1) is 11.2. The predicted molar refractivity (Wildman–Crippen MR) is 43.2 cm³/mol. The lowest BCUT2D eigenvalue weighted by Gasteiger charge is -1.98. The van der Waals surface area contributed by atoms with E-state index in [1.807, 2.05) is 6.92 Å². The number of nitrogens with zero attached hydrogens (tertiary/aromatic N) is 1. The van der Waals surface area contributed by atoms with Crippen LogP contribution in [0.4, 0.5) is 13.2 Å². The summed E-state index contributed by atoms with van der Waals surface area (Å²) >= 11 is 0. The van der Waals surface area contributed by atoms with Gasteiger partial charge in [0.2, 0.25) is 0 Å². The number of rotatable bonds is 4. The molecule has 4 heteroatoms. The second-order valence-electron chi connectivity index (χ2n) is 2.32. The number of aliphatic imine (C=N–C) groups is 1. The Bertz CT molecular complexity index is 158. The molecule has 0 rings (SSSR count). The van der Waals surface area contributed by atoms with Gasteiger partial charge in [-0.2, -0.15) is 13.2 Å². The molecule has 0 atom stereocenters. The zero-order valence-electron chi connectivity index (χ0n) is 6.93. The largest absolute Gasteiger partial charge is 0.393 e. The molecule has 0 unspecified atom stereocenters. The molecular formula is C8H12F3N. The number of hydrogen-bond donors (Lipinski definition) is 0. The number of hydrogen-bond acceptors (Lipinski definition) is 1. The lowest BCUT2D eigenvalue weighted by molar-refractivity contribution is -0.120. The van der Waals surface area contributed by atoms with Crippen LogP contribution >= 0.6 is 0 Å². The van der Waals surface area contributed by atoms with E-state index >= 15 is 0 Å². The summed E-state index contributed by atoms with van der Waals surface area (Å²) in [5, 5.41) is 0. The van der Waals surface area contributed by atoms with Crippen LogP contribution in [0, 0.1) is 0 Å². The van der Waals surface area contributed by atoms with Gasteiger partial charge in [-0.05, 0) is 6.42 Å². The Balaban J connectivity index is 3.50. The van der Waals surface area contributed by atoms with Crippen LogP contribution in [0.5, 0.6) is 0 Å². The van der Waals surface area contributed by atoms with Gasteiger partial charge >= 0.3 is 6.18 Å². The average molecular weight is 179 g/mol. The fourth-order valence-corrected chi connectivity index (χ4v) is 0.519. The predicted octanol–water partition coefficient (Wildman–Crippen LogP) is 3.32. The SMILES string of the molecule is CCC/C=C\N=C/CC(F)(F)F. The number of allylic oxidation sites excluding steroid dienone is 1. The van der Waals surface area contributed by atoms with Crippen molar-refractivity contribution in [1.82, 2.24) is 0 Å². The number of unbranched alkanes of at least 4 members (excludes halogenated alkanes) is 1. The van der Waals surface area contributed by atoms with Crippen LogP contribution in [-0.4, -0.2) is 12.4 Å². The Morgan fingerprint density at radius 3 is 2.50 bits per heavy atom. The Morgan fingerprint density at radius 2 is 2.00 bits per heavy atom. The summed E-state index contributed by atoms with van der Waals surface area (Å²) in [6.07, 6.45) is 0.745. The van der Waals surface area contributed by atoms with Crippen molar-refractivity contribution in [3.05, 3.63) is 12.3 Å². The van der Waals surface area contributed by atoms with Gasteiger partial charge in [-0.3, -0.25) is 4.99 Å². The maximum atomic E-state index is 11.5. The summed E-state index contributed by atoms with van der Waals surface area (Å²) < 4.78 is 34.5. The molecule has 0 N–H and O–H groups in total. The van der Waals surface area contributed by atoms with E-state index in [1.165, 1.54) is 6.20 Å². The van der Waals surface area contributed by atoms with Crippen LogP contribution in [0.15, 0.2) is 17.3 Å². The Morgan fingerprint density at radius 1 is 1.33 bits per heavy atom. The third-order valence-electron chi connectivity index (χ3n) is 1.07. The molecule has 0 radical (unpaired) electrons. The van der Waals surface area contributed by atoms with Gasteiger partial charge in [0.05, 0.1) is 6.42 Å². The highest BCUT2D eigenvalue weighted by Crippen LogP contribution is 2.17. The molecule has 0 aliphatic heterocycles. The van der Waals surface area contributed by atoms with Gasteiger partial charge in [-0.25, -0.2) is 0 Å². The van der Waals surface area contributed by atoms with Gasteiger partial charge < -0.3 is 0 Å². The maximum absolute atomic E-state index is 11.5. The van der Waals surface area contributed by atoms with Crippen molar-refractivity contribution in [3.63, 3.8) is 0 Å². The summed E-state index contributed by atoms with van der Waals surface area (Å²) in [5.74, 6) is 0. The van der Waals surface area contributed by atoms with E-state index in [4.69, 9.17) is 0 Å². The minimum Gasteiger partial charge on any atom is -0.269 e.